The van der Waals surface area contributed by atoms with Gasteiger partial charge < -0.3 is 24.1 Å². The Bertz CT molecular complexity index is 2690. The molecule has 0 atom stereocenters. The molecule has 0 saturated heterocycles. The molecule has 29 heteroatoms. The number of azo groups is 1. The largest absolute Gasteiger partial charge is 1.00 e. The number of halogens is 2. The molecule has 2 N–H and O–H groups in total. The van der Waals surface area contributed by atoms with Crippen molar-refractivity contribution >= 4 is 108 Å². The Balaban J connectivity index is 0.00000338. The van der Waals surface area contributed by atoms with Crippen LogP contribution in [0.3, 0.4) is 0 Å². The van der Waals surface area contributed by atoms with Gasteiger partial charge in [-0.25, -0.2) is 25.3 Å². The Labute approximate surface area is 392 Å². The molecule has 0 spiro atoms. The van der Waals surface area contributed by atoms with Gasteiger partial charge in [0.1, 0.15) is 35.2 Å². The number of fused-ring (bicyclic) bond motifs is 2. The van der Waals surface area contributed by atoms with Crippen LogP contribution in [0.5, 0.6) is 5.75 Å². The van der Waals surface area contributed by atoms with Gasteiger partial charge in [0.25, 0.3) is 10.1 Å². The first-order valence-electron chi connectivity index (χ1n) is 12.0. The second-order valence-corrected chi connectivity index (χ2v) is 15.4. The Morgan fingerprint density at radius 3 is 1.77 bits per heavy atom. The molecule has 1 aromatic heterocycles. The van der Waals surface area contributed by atoms with Crippen molar-refractivity contribution in [1.82, 2.24) is 15.0 Å². The maximum absolute atomic E-state index is 13.8. The van der Waals surface area contributed by atoms with E-state index < -0.39 is 121 Å². The monoisotopic (exact) mass is 868 g/mol. The zero-order valence-corrected chi connectivity index (χ0v) is 39.4. The molecule has 0 saturated carbocycles. The van der Waals surface area contributed by atoms with Gasteiger partial charge in [-0.3, -0.25) is 4.55 Å². The van der Waals surface area contributed by atoms with E-state index in [1.807, 2.05) is 0 Å². The van der Waals surface area contributed by atoms with Gasteiger partial charge in [0.15, 0.2) is 0 Å². The van der Waals surface area contributed by atoms with Crippen LogP contribution in [0.25, 0.3) is 21.5 Å². The van der Waals surface area contributed by atoms with Gasteiger partial charge in [0, 0.05) is 16.5 Å². The van der Waals surface area contributed by atoms with Crippen molar-refractivity contribution in [3.05, 3.63) is 59.1 Å². The molecular weight excluding hydrogens is 859 g/mol. The summed E-state index contributed by atoms with van der Waals surface area (Å²) < 4.78 is 142. The molecule has 5 aromatic rings. The smallest absolute Gasteiger partial charge is 0.870 e. The average molecular weight is 869 g/mol. The van der Waals surface area contributed by atoms with Crippen LogP contribution in [-0.4, -0.2) is 66.8 Å². The van der Waals surface area contributed by atoms with Crippen molar-refractivity contribution < 1.29 is 175 Å². The molecule has 0 unspecified atom stereocenters. The average Bonchev–Trinajstić information content (AvgIpc) is 2.93. The van der Waals surface area contributed by atoms with Gasteiger partial charge in [-0.1, -0.05) is 17.9 Å². The summed E-state index contributed by atoms with van der Waals surface area (Å²) in [5, 5.41) is 20.1. The van der Waals surface area contributed by atoms with Gasteiger partial charge >= 0.3 is 118 Å². The third-order valence-electron chi connectivity index (χ3n) is 6.21. The van der Waals surface area contributed by atoms with E-state index in [0.717, 1.165) is 24.3 Å². The summed E-state index contributed by atoms with van der Waals surface area (Å²) >= 11 is 11.5. The number of anilines is 2. The molecule has 252 valence electrons. The van der Waals surface area contributed by atoms with Gasteiger partial charge in [-0.05, 0) is 70.4 Å². The summed E-state index contributed by atoms with van der Waals surface area (Å²) in [5.74, 6) is -1.90. The second-order valence-electron chi connectivity index (χ2n) is 9.28. The van der Waals surface area contributed by atoms with E-state index in [-0.39, 0.29) is 118 Å². The Kier molecular flexibility index (Phi) is 17.6. The summed E-state index contributed by atoms with van der Waals surface area (Å²) in [6, 6.07) is 5.99. The standard InChI is InChI=1S/C23H14Cl2N6O13S4.4Na/c24-21-27-22(25)29-23(28-21)26-14-8-11(45(33,34)35)4-9-5-17(48(42,43)44)19(20(32)18(9)14)31-30-10-6-13-12(16(7-10)47(39,40)41)2-1-3-15(13)46(36,37)38;;;;/h1-8,32H,(H,33,34,35)(H,36,37,38)(H,39,40,41)(H,42,43,44)(H,26,27,28,29);;;;/q;4*+1/p-4. The predicted molar refractivity (Wildman–Crippen MR) is 158 cm³/mol. The first-order valence-corrected chi connectivity index (χ1v) is 18.5. The zero-order valence-electron chi connectivity index (χ0n) is 26.6. The third kappa shape index (κ3) is 11.2. The molecule has 19 nitrogen and oxygen atoms in total. The topological polar surface area (TPSA) is 324 Å². The quantitative estimate of drug-likeness (QED) is 0.0831. The van der Waals surface area contributed by atoms with Gasteiger partial charge in [-0.15, -0.1) is 5.11 Å². The summed E-state index contributed by atoms with van der Waals surface area (Å²) in [5.41, 5.74) is -2.43. The van der Waals surface area contributed by atoms with Gasteiger partial charge in [0.2, 0.25) is 16.5 Å². The molecule has 1 heterocycles. The number of aromatic nitrogens is 3. The van der Waals surface area contributed by atoms with E-state index >= 15 is 0 Å². The summed E-state index contributed by atoms with van der Waals surface area (Å²) in [4.78, 5) is 6.57. The Morgan fingerprint density at radius 1 is 0.673 bits per heavy atom. The van der Waals surface area contributed by atoms with Crippen LogP contribution in [0.1, 0.15) is 0 Å². The number of benzene rings is 4. The minimum atomic E-state index is -5.41. The minimum absolute atomic E-state index is 0. The van der Waals surface area contributed by atoms with Gasteiger partial charge in [-0.2, -0.15) is 28.5 Å². The van der Waals surface area contributed by atoms with E-state index in [2.05, 4.69) is 30.5 Å². The molecule has 0 aliphatic heterocycles. The fourth-order valence-corrected chi connectivity index (χ4v) is 7.33. The van der Waals surface area contributed by atoms with E-state index in [0.29, 0.717) is 24.3 Å². The molecule has 0 radical (unpaired) electrons. The third-order valence-corrected chi connectivity index (χ3v) is 9.99. The van der Waals surface area contributed by atoms with E-state index in [4.69, 9.17) is 23.2 Å². The van der Waals surface area contributed by atoms with Crippen molar-refractivity contribution in [2.45, 2.75) is 19.6 Å². The first-order chi connectivity index (χ1) is 22.0. The minimum Gasteiger partial charge on any atom is -0.870 e. The second kappa shape index (κ2) is 18.4. The summed E-state index contributed by atoms with van der Waals surface area (Å²) in [6.07, 6.45) is 0. The van der Waals surface area contributed by atoms with Crippen molar-refractivity contribution in [3.63, 3.8) is 0 Å². The molecule has 0 amide bonds. The van der Waals surface area contributed by atoms with Crippen LogP contribution >= 0.6 is 23.2 Å². The van der Waals surface area contributed by atoms with E-state index in [9.17, 15) is 57.0 Å². The maximum Gasteiger partial charge on any atom is 1.00 e. The van der Waals surface area contributed by atoms with Crippen molar-refractivity contribution in [1.29, 1.82) is 0 Å². The molecule has 0 fully saturated rings. The Morgan fingerprint density at radius 2 is 1.25 bits per heavy atom. The van der Waals surface area contributed by atoms with Crippen molar-refractivity contribution in [3.8, 4) is 5.75 Å². The molecule has 0 bridgehead atoms. The van der Waals surface area contributed by atoms with Crippen LogP contribution < -0.4 is 129 Å². The number of nitrogens with one attached hydrogen (secondary N) is 1. The number of hydrogen-bond donors (Lipinski definition) is 2. The van der Waals surface area contributed by atoms with Crippen LogP contribution in [-0.2, 0) is 40.5 Å². The van der Waals surface area contributed by atoms with Crippen molar-refractivity contribution in [2.75, 3.05) is 5.32 Å². The van der Waals surface area contributed by atoms with Crippen LogP contribution in [0.15, 0.2) is 78.3 Å². The molecular formula is C23H10Cl2N6Na4O13S4. The van der Waals surface area contributed by atoms with E-state index in [1.54, 1.807) is 0 Å². The van der Waals surface area contributed by atoms with Gasteiger partial charge in [0.05, 0.1) is 26.1 Å². The molecule has 52 heavy (non-hydrogen) atoms. The molecule has 4 aromatic carbocycles. The van der Waals surface area contributed by atoms with Crippen molar-refractivity contribution in [2.24, 2.45) is 10.2 Å². The first kappa shape index (κ1) is 49.8. The van der Waals surface area contributed by atoms with E-state index in [1.165, 1.54) is 0 Å². The maximum atomic E-state index is 13.8. The zero-order chi connectivity index (χ0) is 35.6. The van der Waals surface area contributed by atoms with Crippen LogP contribution in [0, 0.1) is 0 Å². The number of rotatable bonds is 8. The van der Waals surface area contributed by atoms with Crippen LogP contribution in [0.2, 0.25) is 10.6 Å². The number of hydrogen-bond acceptors (Lipinski definition) is 18. The summed E-state index contributed by atoms with van der Waals surface area (Å²) in [7, 11) is -21.3. The number of nitrogens with zero attached hydrogens (tertiary/aromatic N) is 5. The fourth-order valence-electron chi connectivity index (χ4n) is 4.38. The molecule has 0 aliphatic carbocycles. The normalized spacial score (nSPS) is 12.0. The summed E-state index contributed by atoms with van der Waals surface area (Å²) in [6.45, 7) is 0. The van der Waals surface area contributed by atoms with Crippen LogP contribution in [0.4, 0.5) is 23.0 Å². The Hall–Kier alpha value is -0.170. The molecule has 0 aliphatic rings. The predicted octanol–water partition coefficient (Wildman–Crippen LogP) is -9.31. The SMILES string of the molecule is O=S(=O)([O-])c1cc(Nc2nc(Cl)nc(Cl)n2)c2c([O-])c(N=Nc3cc(S(=O)(=O)[O-])c4cccc(S(=O)(=O)[O-])c4c3)c(S(=O)(=O)O)cc2c1.[Na+].[Na+].[Na+].[Na+]. The molecule has 5 rings (SSSR count). The fraction of sp³-hybridized carbons (Fsp3) is 0.